The van der Waals surface area contributed by atoms with Crippen LogP contribution in [0.1, 0.15) is 65.7 Å². The Morgan fingerprint density at radius 1 is 1.18 bits per heavy atom. The Kier molecular flexibility index (Phi) is 3.33. The third kappa shape index (κ3) is 2.26. The predicted molar refractivity (Wildman–Crippen MR) is 71.7 cm³/mol. The molecule has 0 spiro atoms. The van der Waals surface area contributed by atoms with Crippen LogP contribution in [0.4, 0.5) is 0 Å². The van der Waals surface area contributed by atoms with Gasteiger partial charge in [0, 0.05) is 12.0 Å². The molecule has 2 atom stereocenters. The number of nitrogens with two attached hydrogens (primary N) is 1. The van der Waals surface area contributed by atoms with Gasteiger partial charge in [-0.15, -0.1) is 0 Å². The summed E-state index contributed by atoms with van der Waals surface area (Å²) in [6, 6.07) is 0. The van der Waals surface area contributed by atoms with Gasteiger partial charge in [-0.3, -0.25) is 0 Å². The van der Waals surface area contributed by atoms with E-state index in [1.54, 1.807) is 0 Å². The lowest BCUT2D eigenvalue weighted by Gasteiger charge is -2.53. The molecule has 100 valence electrons. The van der Waals surface area contributed by atoms with E-state index in [4.69, 9.17) is 5.73 Å². The van der Waals surface area contributed by atoms with E-state index in [1.807, 2.05) is 0 Å². The first-order chi connectivity index (χ1) is 7.83. The molecule has 2 rings (SSSR count). The molecule has 0 aliphatic heterocycles. The van der Waals surface area contributed by atoms with Crippen molar-refractivity contribution >= 4 is 0 Å². The lowest BCUT2D eigenvalue weighted by atomic mass is 9.56. The molecule has 0 aromatic heterocycles. The van der Waals surface area contributed by atoms with E-state index in [0.29, 0.717) is 12.5 Å². The quantitative estimate of drug-likeness (QED) is 0.778. The van der Waals surface area contributed by atoms with Crippen molar-refractivity contribution in [2.75, 3.05) is 6.54 Å². The fraction of sp³-hybridized carbons (Fsp3) is 1.00. The number of rotatable bonds is 2. The van der Waals surface area contributed by atoms with Crippen molar-refractivity contribution in [3.63, 3.8) is 0 Å². The second-order valence-corrected chi connectivity index (χ2v) is 7.58. The van der Waals surface area contributed by atoms with Crippen LogP contribution in [-0.4, -0.2) is 17.3 Å². The topological polar surface area (TPSA) is 46.2 Å². The van der Waals surface area contributed by atoms with Crippen LogP contribution >= 0.6 is 0 Å². The molecular formula is C15H29NO. The highest BCUT2D eigenvalue weighted by atomic mass is 16.3. The van der Waals surface area contributed by atoms with Gasteiger partial charge in [0.25, 0.3) is 0 Å². The minimum Gasteiger partial charge on any atom is -0.389 e. The maximum Gasteiger partial charge on any atom is 0.0723 e. The Morgan fingerprint density at radius 3 is 2.24 bits per heavy atom. The van der Waals surface area contributed by atoms with Crippen molar-refractivity contribution in [1.82, 2.24) is 0 Å². The van der Waals surface area contributed by atoms with E-state index >= 15 is 0 Å². The molecule has 0 aromatic rings. The lowest BCUT2D eigenvalue weighted by Crippen LogP contribution is -2.56. The van der Waals surface area contributed by atoms with Gasteiger partial charge in [0.1, 0.15) is 0 Å². The van der Waals surface area contributed by atoms with Gasteiger partial charge in [-0.2, -0.15) is 0 Å². The first-order valence-electron chi connectivity index (χ1n) is 7.25. The number of aliphatic hydroxyl groups is 1. The molecule has 0 saturated heterocycles. The van der Waals surface area contributed by atoms with Gasteiger partial charge in [0.2, 0.25) is 0 Å². The molecule has 0 amide bonds. The maximum absolute atomic E-state index is 11.2. The second-order valence-electron chi connectivity index (χ2n) is 7.58. The summed E-state index contributed by atoms with van der Waals surface area (Å²) < 4.78 is 0. The molecule has 0 radical (unpaired) electrons. The average Bonchev–Trinajstić information content (AvgIpc) is 2.62. The molecular weight excluding hydrogens is 210 g/mol. The molecule has 2 saturated carbocycles. The van der Waals surface area contributed by atoms with Gasteiger partial charge < -0.3 is 10.8 Å². The van der Waals surface area contributed by atoms with Gasteiger partial charge in [-0.05, 0) is 43.4 Å². The second kappa shape index (κ2) is 4.24. The zero-order valence-electron chi connectivity index (χ0n) is 11.8. The zero-order valence-corrected chi connectivity index (χ0v) is 11.8. The van der Waals surface area contributed by atoms with Crippen LogP contribution in [0.3, 0.4) is 0 Å². The maximum atomic E-state index is 11.2. The molecule has 2 aliphatic carbocycles. The third-order valence-corrected chi connectivity index (χ3v) is 5.30. The monoisotopic (exact) mass is 239 g/mol. The van der Waals surface area contributed by atoms with E-state index < -0.39 is 5.60 Å². The van der Waals surface area contributed by atoms with Gasteiger partial charge in [0.05, 0.1) is 5.60 Å². The van der Waals surface area contributed by atoms with Crippen molar-refractivity contribution < 1.29 is 5.11 Å². The SMILES string of the molecule is CC1CC(C)(C)CC(O)(C2(CN)CCCC2)C1. The van der Waals surface area contributed by atoms with Crippen LogP contribution in [0.15, 0.2) is 0 Å². The fourth-order valence-corrected chi connectivity index (χ4v) is 4.84. The van der Waals surface area contributed by atoms with E-state index in [2.05, 4.69) is 20.8 Å². The summed E-state index contributed by atoms with van der Waals surface area (Å²) in [4.78, 5) is 0. The predicted octanol–water partition coefficient (Wildman–Crippen LogP) is 3.08. The standard InChI is InChI=1S/C15H29NO/c1-12-8-13(2,3)10-15(17,9-12)14(11-16)6-4-5-7-14/h12,17H,4-11,16H2,1-3H3. The molecule has 0 aromatic carbocycles. The minimum absolute atomic E-state index is 0.0128. The van der Waals surface area contributed by atoms with Crippen molar-refractivity contribution in [3.8, 4) is 0 Å². The normalized spacial score (nSPS) is 40.4. The van der Waals surface area contributed by atoms with Crippen molar-refractivity contribution in [1.29, 1.82) is 0 Å². The molecule has 0 bridgehead atoms. The lowest BCUT2D eigenvalue weighted by molar-refractivity contribution is -0.142. The molecule has 0 heterocycles. The number of hydrogen-bond acceptors (Lipinski definition) is 2. The first kappa shape index (κ1) is 13.4. The van der Waals surface area contributed by atoms with E-state index in [-0.39, 0.29) is 10.8 Å². The zero-order chi connectivity index (χ0) is 12.7. The molecule has 2 unspecified atom stereocenters. The van der Waals surface area contributed by atoms with Gasteiger partial charge >= 0.3 is 0 Å². The van der Waals surface area contributed by atoms with Crippen LogP contribution < -0.4 is 5.73 Å². The highest BCUT2D eigenvalue weighted by molar-refractivity contribution is 5.07. The third-order valence-electron chi connectivity index (χ3n) is 5.30. The average molecular weight is 239 g/mol. The van der Waals surface area contributed by atoms with Gasteiger partial charge in [-0.25, -0.2) is 0 Å². The Labute approximate surface area is 106 Å². The smallest absolute Gasteiger partial charge is 0.0723 e. The van der Waals surface area contributed by atoms with E-state index in [9.17, 15) is 5.11 Å². The van der Waals surface area contributed by atoms with E-state index in [0.717, 1.165) is 25.7 Å². The Balaban J connectivity index is 2.27. The van der Waals surface area contributed by atoms with Crippen LogP contribution in [0.2, 0.25) is 0 Å². The molecule has 2 aliphatic rings. The Bertz CT molecular complexity index is 281. The van der Waals surface area contributed by atoms with Crippen LogP contribution in [0.25, 0.3) is 0 Å². The number of hydrogen-bond donors (Lipinski definition) is 2. The largest absolute Gasteiger partial charge is 0.389 e. The van der Waals surface area contributed by atoms with Gasteiger partial charge in [0.15, 0.2) is 0 Å². The molecule has 2 fully saturated rings. The Hall–Kier alpha value is -0.0800. The van der Waals surface area contributed by atoms with Crippen molar-refractivity contribution in [2.45, 2.75) is 71.3 Å². The van der Waals surface area contributed by atoms with Crippen molar-refractivity contribution in [3.05, 3.63) is 0 Å². The van der Waals surface area contributed by atoms with Crippen LogP contribution in [-0.2, 0) is 0 Å². The van der Waals surface area contributed by atoms with E-state index in [1.165, 1.54) is 19.3 Å². The summed E-state index contributed by atoms with van der Waals surface area (Å²) in [6.45, 7) is 7.54. The highest BCUT2D eigenvalue weighted by Gasteiger charge is 2.55. The fourth-order valence-electron chi connectivity index (χ4n) is 4.84. The molecule has 3 N–H and O–H groups in total. The summed E-state index contributed by atoms with van der Waals surface area (Å²) in [5, 5.41) is 11.2. The molecule has 2 heteroatoms. The highest BCUT2D eigenvalue weighted by Crippen LogP contribution is 2.56. The summed E-state index contributed by atoms with van der Waals surface area (Å²) in [6.07, 6.45) is 7.86. The van der Waals surface area contributed by atoms with Gasteiger partial charge in [-0.1, -0.05) is 33.6 Å². The van der Waals surface area contributed by atoms with Crippen LogP contribution in [0.5, 0.6) is 0 Å². The summed E-state index contributed by atoms with van der Waals surface area (Å²) in [5.41, 5.74) is 5.82. The summed E-state index contributed by atoms with van der Waals surface area (Å²) in [5.74, 6) is 0.618. The minimum atomic E-state index is -0.514. The first-order valence-corrected chi connectivity index (χ1v) is 7.25. The van der Waals surface area contributed by atoms with Crippen LogP contribution in [0, 0.1) is 16.7 Å². The summed E-state index contributed by atoms with van der Waals surface area (Å²) >= 11 is 0. The molecule has 17 heavy (non-hydrogen) atoms. The van der Waals surface area contributed by atoms with Crippen molar-refractivity contribution in [2.24, 2.45) is 22.5 Å². The summed E-state index contributed by atoms with van der Waals surface area (Å²) in [7, 11) is 0. The molecule has 2 nitrogen and oxygen atoms in total. The Morgan fingerprint density at radius 2 is 1.76 bits per heavy atom.